The highest BCUT2D eigenvalue weighted by Gasteiger charge is 2.33. The number of morpholine rings is 1. The SMILES string of the molecule is COc1c(CC(=O)O)cc(S(=O)(=O)N2CCOCC2)c(OC)c1OC. The summed E-state index contributed by atoms with van der Waals surface area (Å²) in [6.07, 6.45) is -0.421. The van der Waals surface area contributed by atoms with Gasteiger partial charge in [0.05, 0.1) is 41.0 Å². The highest BCUT2D eigenvalue weighted by molar-refractivity contribution is 7.89. The van der Waals surface area contributed by atoms with Crippen LogP contribution in [-0.2, 0) is 26.0 Å². The molecule has 0 aromatic heterocycles. The van der Waals surface area contributed by atoms with Crippen molar-refractivity contribution in [3.63, 3.8) is 0 Å². The first-order chi connectivity index (χ1) is 11.9. The molecule has 1 N–H and O–H groups in total. The lowest BCUT2D eigenvalue weighted by molar-refractivity contribution is -0.136. The Hall–Kier alpha value is -2.04. The van der Waals surface area contributed by atoms with Crippen molar-refractivity contribution in [2.45, 2.75) is 11.3 Å². The molecule has 0 atom stereocenters. The van der Waals surface area contributed by atoms with Crippen LogP contribution >= 0.6 is 0 Å². The van der Waals surface area contributed by atoms with Crippen LogP contribution in [-0.4, -0.2) is 71.4 Å². The van der Waals surface area contributed by atoms with Gasteiger partial charge in [0.15, 0.2) is 11.5 Å². The van der Waals surface area contributed by atoms with Crippen LogP contribution in [0.2, 0.25) is 0 Å². The average molecular weight is 375 g/mol. The standard InChI is InChI=1S/C15H21NO8S/c1-21-13-10(9-12(17)18)8-11(14(22-2)15(13)23-3)25(19,20)16-4-6-24-7-5-16/h8H,4-7,9H2,1-3H3,(H,17,18). The molecule has 1 aromatic carbocycles. The maximum absolute atomic E-state index is 13.0. The quantitative estimate of drug-likeness (QED) is 0.727. The minimum Gasteiger partial charge on any atom is -0.492 e. The van der Waals surface area contributed by atoms with E-state index in [9.17, 15) is 13.2 Å². The molecule has 25 heavy (non-hydrogen) atoms. The number of ether oxygens (including phenoxy) is 4. The van der Waals surface area contributed by atoms with Gasteiger partial charge in [0.2, 0.25) is 15.8 Å². The molecular weight excluding hydrogens is 354 g/mol. The zero-order chi connectivity index (χ0) is 18.6. The van der Waals surface area contributed by atoms with Gasteiger partial charge in [0.25, 0.3) is 0 Å². The fraction of sp³-hybridized carbons (Fsp3) is 0.533. The number of sulfonamides is 1. The van der Waals surface area contributed by atoms with Crippen LogP contribution in [0.3, 0.4) is 0 Å². The zero-order valence-corrected chi connectivity index (χ0v) is 15.1. The van der Waals surface area contributed by atoms with Crippen molar-refractivity contribution in [3.05, 3.63) is 11.6 Å². The van der Waals surface area contributed by atoms with E-state index < -0.39 is 22.4 Å². The summed E-state index contributed by atoms with van der Waals surface area (Å²) in [7, 11) is 0.0666. The van der Waals surface area contributed by atoms with Crippen molar-refractivity contribution in [1.82, 2.24) is 4.31 Å². The van der Waals surface area contributed by atoms with E-state index in [0.717, 1.165) is 0 Å². The van der Waals surface area contributed by atoms with E-state index in [-0.39, 0.29) is 54.0 Å². The van der Waals surface area contributed by atoms with Gasteiger partial charge in [-0.2, -0.15) is 4.31 Å². The molecule has 0 amide bonds. The van der Waals surface area contributed by atoms with Crippen LogP contribution in [0.15, 0.2) is 11.0 Å². The highest BCUT2D eigenvalue weighted by Crippen LogP contribution is 2.45. The molecule has 0 saturated carbocycles. The van der Waals surface area contributed by atoms with Gasteiger partial charge in [-0.1, -0.05) is 0 Å². The molecule has 10 heteroatoms. The molecule has 0 bridgehead atoms. The molecule has 0 aliphatic carbocycles. The van der Waals surface area contributed by atoms with Gasteiger partial charge in [-0.25, -0.2) is 8.42 Å². The van der Waals surface area contributed by atoms with E-state index in [1.54, 1.807) is 0 Å². The number of carbonyl (C=O) groups is 1. The Bertz CT molecular complexity index is 740. The molecule has 1 aromatic rings. The Labute approximate surface area is 146 Å². The third-order valence-electron chi connectivity index (χ3n) is 3.78. The maximum atomic E-state index is 13.0. The molecule has 1 aliphatic heterocycles. The van der Waals surface area contributed by atoms with Crippen molar-refractivity contribution < 1.29 is 37.3 Å². The van der Waals surface area contributed by atoms with Gasteiger partial charge in [-0.05, 0) is 6.07 Å². The van der Waals surface area contributed by atoms with Gasteiger partial charge in [0.1, 0.15) is 4.90 Å². The Kier molecular flexibility index (Phi) is 6.09. The molecule has 0 radical (unpaired) electrons. The Morgan fingerprint density at radius 2 is 1.68 bits per heavy atom. The van der Waals surface area contributed by atoms with Crippen LogP contribution in [0.4, 0.5) is 0 Å². The third kappa shape index (κ3) is 3.80. The Morgan fingerprint density at radius 3 is 2.16 bits per heavy atom. The number of carboxylic acid groups (broad SMARTS) is 1. The minimum atomic E-state index is -3.92. The number of benzene rings is 1. The van der Waals surface area contributed by atoms with Gasteiger partial charge >= 0.3 is 5.97 Å². The molecule has 2 rings (SSSR count). The van der Waals surface area contributed by atoms with Crippen LogP contribution in [0, 0.1) is 0 Å². The number of aliphatic carboxylic acids is 1. The van der Waals surface area contributed by atoms with E-state index in [1.165, 1.54) is 31.7 Å². The Morgan fingerprint density at radius 1 is 1.12 bits per heavy atom. The predicted octanol–water partition coefficient (Wildman–Crippen LogP) is 0.360. The summed E-state index contributed by atoms with van der Waals surface area (Å²) in [5.41, 5.74) is 0.180. The molecule has 9 nitrogen and oxygen atoms in total. The summed E-state index contributed by atoms with van der Waals surface area (Å²) in [5.74, 6) is -0.988. The second-order valence-corrected chi connectivity index (χ2v) is 7.13. The summed E-state index contributed by atoms with van der Waals surface area (Å²) in [6, 6.07) is 1.26. The van der Waals surface area contributed by atoms with E-state index in [2.05, 4.69) is 0 Å². The number of rotatable bonds is 7. The van der Waals surface area contributed by atoms with Gasteiger partial charge in [-0.3, -0.25) is 4.79 Å². The Balaban J connectivity index is 2.68. The normalized spacial score (nSPS) is 15.6. The smallest absolute Gasteiger partial charge is 0.307 e. The number of nitrogens with zero attached hydrogens (tertiary/aromatic N) is 1. The molecule has 1 saturated heterocycles. The van der Waals surface area contributed by atoms with E-state index in [1.807, 2.05) is 0 Å². The fourth-order valence-electron chi connectivity index (χ4n) is 2.66. The molecule has 1 fully saturated rings. The minimum absolute atomic E-state index is 0.0278. The molecule has 0 spiro atoms. The first kappa shape index (κ1) is 19.3. The fourth-order valence-corrected chi connectivity index (χ4v) is 4.27. The largest absolute Gasteiger partial charge is 0.492 e. The predicted molar refractivity (Wildman–Crippen MR) is 87.0 cm³/mol. The second-order valence-electron chi connectivity index (χ2n) is 5.22. The first-order valence-corrected chi connectivity index (χ1v) is 8.92. The van der Waals surface area contributed by atoms with Crippen LogP contribution in [0.25, 0.3) is 0 Å². The van der Waals surface area contributed by atoms with E-state index in [4.69, 9.17) is 24.1 Å². The number of carboxylic acids is 1. The maximum Gasteiger partial charge on any atom is 0.307 e. The first-order valence-electron chi connectivity index (χ1n) is 7.48. The van der Waals surface area contributed by atoms with Crippen molar-refractivity contribution in [2.75, 3.05) is 47.6 Å². The average Bonchev–Trinajstić information content (AvgIpc) is 2.60. The summed E-state index contributed by atoms with van der Waals surface area (Å²) in [5, 5.41) is 9.12. The van der Waals surface area contributed by atoms with Crippen LogP contribution < -0.4 is 14.2 Å². The van der Waals surface area contributed by atoms with E-state index in [0.29, 0.717) is 0 Å². The molecule has 0 unspecified atom stereocenters. The summed E-state index contributed by atoms with van der Waals surface area (Å²) in [6.45, 7) is 0.982. The molecule has 1 heterocycles. The second kappa shape index (κ2) is 7.89. The van der Waals surface area contributed by atoms with Gasteiger partial charge < -0.3 is 24.1 Å². The number of hydrogen-bond donors (Lipinski definition) is 1. The molecular formula is C15H21NO8S. The van der Waals surface area contributed by atoms with Gasteiger partial charge in [-0.15, -0.1) is 0 Å². The van der Waals surface area contributed by atoms with Crippen molar-refractivity contribution in [2.24, 2.45) is 0 Å². The summed E-state index contributed by atoms with van der Waals surface area (Å²) in [4.78, 5) is 11.0. The van der Waals surface area contributed by atoms with Crippen molar-refractivity contribution in [1.29, 1.82) is 0 Å². The number of hydrogen-bond acceptors (Lipinski definition) is 7. The van der Waals surface area contributed by atoms with Crippen molar-refractivity contribution in [3.8, 4) is 17.2 Å². The summed E-state index contributed by atoms with van der Waals surface area (Å²) >= 11 is 0. The summed E-state index contributed by atoms with van der Waals surface area (Å²) < 4.78 is 48.2. The van der Waals surface area contributed by atoms with Crippen molar-refractivity contribution >= 4 is 16.0 Å². The topological polar surface area (TPSA) is 112 Å². The highest BCUT2D eigenvalue weighted by atomic mass is 32.2. The van der Waals surface area contributed by atoms with Gasteiger partial charge in [0, 0.05) is 18.7 Å². The third-order valence-corrected chi connectivity index (χ3v) is 5.68. The lowest BCUT2D eigenvalue weighted by atomic mass is 10.1. The lowest BCUT2D eigenvalue weighted by Crippen LogP contribution is -2.40. The van der Waals surface area contributed by atoms with E-state index >= 15 is 0 Å². The lowest BCUT2D eigenvalue weighted by Gasteiger charge is -2.27. The number of methoxy groups -OCH3 is 3. The van der Waals surface area contributed by atoms with Crippen LogP contribution in [0.1, 0.15) is 5.56 Å². The zero-order valence-electron chi connectivity index (χ0n) is 14.3. The van der Waals surface area contributed by atoms with Crippen LogP contribution in [0.5, 0.6) is 17.2 Å². The monoisotopic (exact) mass is 375 g/mol. The molecule has 1 aliphatic rings. The molecule has 140 valence electrons.